The topological polar surface area (TPSA) is 83.6 Å². The number of hydrogen-bond acceptors (Lipinski definition) is 4. The number of hydrogen-bond donors (Lipinski definition) is 2. The average Bonchev–Trinajstić information content (AvgIpc) is 2.39. The number of carbonyl (C=O) groups is 2. The molecule has 0 radical (unpaired) electrons. The lowest BCUT2D eigenvalue weighted by atomic mass is 10.0. The van der Waals surface area contributed by atoms with E-state index in [1.165, 1.54) is 23.6 Å². The third-order valence-electron chi connectivity index (χ3n) is 3.67. The lowest BCUT2D eigenvalue weighted by Gasteiger charge is -2.41. The molecule has 0 aliphatic carbocycles. The van der Waals surface area contributed by atoms with Gasteiger partial charge in [0.1, 0.15) is 6.04 Å². The van der Waals surface area contributed by atoms with Gasteiger partial charge in [0, 0.05) is 10.6 Å². The van der Waals surface area contributed by atoms with Gasteiger partial charge in [0.25, 0.3) is 0 Å². The number of rotatable bonds is 3. The van der Waals surface area contributed by atoms with Crippen LogP contribution in [0, 0.1) is 0 Å². The summed E-state index contributed by atoms with van der Waals surface area (Å²) >= 11 is 1.45. The highest BCUT2D eigenvalue weighted by atomic mass is 32.2. The largest absolute Gasteiger partial charge is 0.480 e. The van der Waals surface area contributed by atoms with Crippen LogP contribution >= 0.6 is 11.8 Å². The van der Waals surface area contributed by atoms with Crippen LogP contribution in [0.5, 0.6) is 0 Å². The van der Waals surface area contributed by atoms with Crippen molar-refractivity contribution in [3.05, 3.63) is 18.2 Å². The molecule has 2 unspecified atom stereocenters. The second-order valence-electron chi connectivity index (χ2n) is 5.10. The van der Waals surface area contributed by atoms with Gasteiger partial charge in [0.15, 0.2) is 0 Å². The maximum atomic E-state index is 12.7. The van der Waals surface area contributed by atoms with Crippen LogP contribution in [0.3, 0.4) is 0 Å². The Balaban J connectivity index is 2.60. The summed E-state index contributed by atoms with van der Waals surface area (Å²) in [5.74, 6) is -1.19. The van der Waals surface area contributed by atoms with Gasteiger partial charge < -0.3 is 10.8 Å². The van der Waals surface area contributed by atoms with Crippen molar-refractivity contribution in [2.45, 2.75) is 42.9 Å². The molecule has 6 heteroatoms. The van der Waals surface area contributed by atoms with Crippen LogP contribution in [0.15, 0.2) is 23.1 Å². The second-order valence-corrected chi connectivity index (χ2v) is 6.65. The van der Waals surface area contributed by atoms with Gasteiger partial charge in [-0.25, -0.2) is 4.79 Å². The quantitative estimate of drug-likeness (QED) is 0.836. The molecule has 0 saturated heterocycles. The van der Waals surface area contributed by atoms with E-state index in [0.717, 1.165) is 4.90 Å². The van der Waals surface area contributed by atoms with Gasteiger partial charge in [-0.2, -0.15) is 0 Å². The Labute approximate surface area is 122 Å². The maximum absolute atomic E-state index is 12.7. The maximum Gasteiger partial charge on any atom is 0.326 e. The van der Waals surface area contributed by atoms with Crippen molar-refractivity contribution in [2.75, 3.05) is 10.6 Å². The summed E-state index contributed by atoms with van der Waals surface area (Å²) in [7, 11) is 0. The Bertz CT molecular complexity index is 576. The number of nitrogens with two attached hydrogens (primary N) is 1. The first-order valence-electron chi connectivity index (χ1n) is 6.45. The van der Waals surface area contributed by atoms with Crippen LogP contribution in [0.4, 0.5) is 11.4 Å². The molecule has 1 aliphatic heterocycles. The number of aliphatic carboxylic acids is 1. The van der Waals surface area contributed by atoms with E-state index in [9.17, 15) is 14.7 Å². The average molecular weight is 294 g/mol. The summed E-state index contributed by atoms with van der Waals surface area (Å²) in [5.41, 5.74) is 7.02. The molecule has 0 aromatic heterocycles. The lowest BCUT2D eigenvalue weighted by molar-refractivity contribution is -0.140. The number of amides is 1. The van der Waals surface area contributed by atoms with Crippen LogP contribution in [0.25, 0.3) is 0 Å². The first kappa shape index (κ1) is 14.7. The normalized spacial score (nSPS) is 23.4. The van der Waals surface area contributed by atoms with Gasteiger partial charge in [-0.05, 0) is 38.5 Å². The molecule has 1 aromatic rings. The zero-order valence-corrected chi connectivity index (χ0v) is 12.5. The van der Waals surface area contributed by atoms with Gasteiger partial charge in [-0.1, -0.05) is 6.92 Å². The molecule has 1 aliphatic rings. The molecule has 1 heterocycles. The van der Waals surface area contributed by atoms with Gasteiger partial charge in [0.2, 0.25) is 5.91 Å². The zero-order valence-electron chi connectivity index (χ0n) is 11.7. The lowest BCUT2D eigenvalue weighted by Crippen LogP contribution is -2.53. The highest BCUT2D eigenvalue weighted by Gasteiger charge is 2.45. The third-order valence-corrected chi connectivity index (χ3v) is 5.13. The summed E-state index contributed by atoms with van der Waals surface area (Å²) in [6.07, 6.45) is 0.619. The minimum atomic E-state index is -1.02. The summed E-state index contributed by atoms with van der Waals surface area (Å²) < 4.78 is -0.662. The van der Waals surface area contributed by atoms with Crippen molar-refractivity contribution >= 4 is 35.0 Å². The van der Waals surface area contributed by atoms with E-state index in [0.29, 0.717) is 17.8 Å². The molecule has 2 atom stereocenters. The van der Waals surface area contributed by atoms with Gasteiger partial charge >= 0.3 is 5.97 Å². The zero-order chi connectivity index (χ0) is 15.1. The number of anilines is 2. The fraction of sp³-hybridized carbons (Fsp3) is 0.429. The minimum absolute atomic E-state index is 0.169. The highest BCUT2D eigenvalue weighted by molar-refractivity contribution is 8.01. The molecule has 2 rings (SSSR count). The van der Waals surface area contributed by atoms with Crippen molar-refractivity contribution < 1.29 is 14.7 Å². The number of fused-ring (bicyclic) bond motifs is 1. The monoisotopic (exact) mass is 294 g/mol. The number of nitrogens with zero attached hydrogens (tertiary/aromatic N) is 1. The minimum Gasteiger partial charge on any atom is -0.480 e. The van der Waals surface area contributed by atoms with E-state index in [1.807, 2.05) is 13.8 Å². The Morgan fingerprint density at radius 1 is 1.55 bits per heavy atom. The number of nitrogen functional groups attached to an aromatic ring is 1. The van der Waals surface area contributed by atoms with E-state index in [1.54, 1.807) is 18.2 Å². The standard InChI is InChI=1S/C14H18N2O3S/c1-4-14(3)13(19)16(8(2)12(17)18)10-6-5-9(15)7-11(10)20-14/h5-8H,4,15H2,1-3H3,(H,17,18). The summed E-state index contributed by atoms with van der Waals surface area (Å²) in [6, 6.07) is 4.28. The second kappa shape index (κ2) is 5.01. The van der Waals surface area contributed by atoms with Gasteiger partial charge in [-0.3, -0.25) is 9.69 Å². The Morgan fingerprint density at radius 2 is 2.20 bits per heavy atom. The number of thioether (sulfide) groups is 1. The van der Waals surface area contributed by atoms with E-state index < -0.39 is 16.8 Å². The first-order valence-corrected chi connectivity index (χ1v) is 7.27. The van der Waals surface area contributed by atoms with Crippen LogP contribution in [0.1, 0.15) is 27.2 Å². The molecule has 0 bridgehead atoms. The molecule has 3 N–H and O–H groups in total. The van der Waals surface area contributed by atoms with Crippen molar-refractivity contribution in [1.82, 2.24) is 0 Å². The molecule has 5 nitrogen and oxygen atoms in total. The fourth-order valence-electron chi connectivity index (χ4n) is 2.18. The summed E-state index contributed by atoms with van der Waals surface area (Å²) in [4.78, 5) is 26.2. The SMILES string of the molecule is CCC1(C)Sc2cc(N)ccc2N(C(C)C(=O)O)C1=O. The van der Waals surface area contributed by atoms with Gasteiger partial charge in [0.05, 0.1) is 10.4 Å². The van der Waals surface area contributed by atoms with E-state index >= 15 is 0 Å². The molecule has 0 spiro atoms. The molecule has 1 amide bonds. The first-order chi connectivity index (χ1) is 9.30. The molecular formula is C14H18N2O3S. The third kappa shape index (κ3) is 2.24. The molecule has 108 valence electrons. The van der Waals surface area contributed by atoms with Crippen molar-refractivity contribution in [2.24, 2.45) is 0 Å². The van der Waals surface area contributed by atoms with Crippen LogP contribution < -0.4 is 10.6 Å². The van der Waals surface area contributed by atoms with Crippen LogP contribution in [-0.4, -0.2) is 27.8 Å². The van der Waals surface area contributed by atoms with Crippen molar-refractivity contribution in [3.8, 4) is 0 Å². The highest BCUT2D eigenvalue weighted by Crippen LogP contribution is 2.48. The van der Waals surface area contributed by atoms with Crippen LogP contribution in [0.2, 0.25) is 0 Å². The number of carboxylic acids is 1. The predicted octanol–water partition coefficient (Wildman–Crippen LogP) is 2.35. The van der Waals surface area contributed by atoms with E-state index in [4.69, 9.17) is 5.73 Å². The smallest absolute Gasteiger partial charge is 0.326 e. The molecule has 20 heavy (non-hydrogen) atoms. The van der Waals surface area contributed by atoms with Gasteiger partial charge in [-0.15, -0.1) is 11.8 Å². The molecule has 1 aromatic carbocycles. The molecule has 0 fully saturated rings. The molecular weight excluding hydrogens is 276 g/mol. The summed E-state index contributed by atoms with van der Waals surface area (Å²) in [5, 5.41) is 9.25. The number of carboxylic acid groups (broad SMARTS) is 1. The van der Waals surface area contributed by atoms with Crippen LogP contribution in [-0.2, 0) is 9.59 Å². The van der Waals surface area contributed by atoms with E-state index in [2.05, 4.69) is 0 Å². The summed E-state index contributed by atoms with van der Waals surface area (Å²) in [6.45, 7) is 5.28. The fourth-order valence-corrected chi connectivity index (χ4v) is 3.46. The van der Waals surface area contributed by atoms with Crippen molar-refractivity contribution in [1.29, 1.82) is 0 Å². The Morgan fingerprint density at radius 3 is 2.75 bits per heavy atom. The van der Waals surface area contributed by atoms with Crippen molar-refractivity contribution in [3.63, 3.8) is 0 Å². The molecule has 0 saturated carbocycles. The predicted molar refractivity (Wildman–Crippen MR) is 80.0 cm³/mol. The number of carbonyl (C=O) groups excluding carboxylic acids is 1. The Hall–Kier alpha value is -1.69. The van der Waals surface area contributed by atoms with E-state index in [-0.39, 0.29) is 5.91 Å². The Kier molecular flexibility index (Phi) is 3.69. The number of benzene rings is 1.